The summed E-state index contributed by atoms with van der Waals surface area (Å²) in [6.45, 7) is 2.13. The molecule has 30 heavy (non-hydrogen) atoms. The lowest BCUT2D eigenvalue weighted by Crippen LogP contribution is -2.07. The number of thiocarbonyl (C=S) groups is 1. The number of aromatic hydroxyl groups is 1. The van der Waals surface area contributed by atoms with Crippen LogP contribution in [0.15, 0.2) is 52.8 Å². The third-order valence-corrected chi connectivity index (χ3v) is 6.24. The number of rotatable bonds is 7. The summed E-state index contributed by atoms with van der Waals surface area (Å²) < 4.78 is 0. The lowest BCUT2D eigenvalue weighted by atomic mass is 10.1. The quantitative estimate of drug-likeness (QED) is 0.299. The van der Waals surface area contributed by atoms with Gasteiger partial charge in [0.2, 0.25) is 0 Å². The zero-order valence-electron chi connectivity index (χ0n) is 15.9. The summed E-state index contributed by atoms with van der Waals surface area (Å²) in [5.74, 6) is -0.896. The lowest BCUT2D eigenvalue weighted by Gasteiger charge is -2.06. The van der Waals surface area contributed by atoms with Gasteiger partial charge in [0, 0.05) is 33.0 Å². The molecule has 0 aliphatic heterocycles. The third kappa shape index (κ3) is 5.26. The molecule has 3 rings (SSSR count). The standard InChI is InChI=1S/C22H17Cl2NO3S2/c1-12(18-11-30-21(20(18)26)14-3-2-4-15(23)9-14)25-10-16(29)7-13-5-6-17(22(27)28)19(24)8-13/h2-6,8-9,11,26H,7,10H2,1H3,(H,27,28). The van der Waals surface area contributed by atoms with E-state index in [0.717, 1.165) is 16.0 Å². The van der Waals surface area contributed by atoms with Crippen molar-refractivity contribution in [1.29, 1.82) is 0 Å². The maximum Gasteiger partial charge on any atom is 0.337 e. The first kappa shape index (κ1) is 22.4. The number of aromatic carboxylic acids is 1. The third-order valence-electron chi connectivity index (χ3n) is 4.40. The SMILES string of the molecule is CC(=NCC(=S)Cc1ccc(C(=O)O)c(Cl)c1)c1csc(-c2cccc(Cl)c2)c1O. The van der Waals surface area contributed by atoms with Gasteiger partial charge in [-0.25, -0.2) is 4.79 Å². The van der Waals surface area contributed by atoms with Gasteiger partial charge in [-0.15, -0.1) is 11.3 Å². The van der Waals surface area contributed by atoms with Crippen LogP contribution in [0.4, 0.5) is 0 Å². The van der Waals surface area contributed by atoms with E-state index in [1.807, 2.05) is 24.4 Å². The highest BCUT2D eigenvalue weighted by molar-refractivity contribution is 7.80. The fraction of sp³-hybridized carbons (Fsp3) is 0.136. The van der Waals surface area contributed by atoms with Crippen molar-refractivity contribution in [3.05, 3.63) is 74.6 Å². The summed E-state index contributed by atoms with van der Waals surface area (Å²) in [4.78, 5) is 17.0. The van der Waals surface area contributed by atoms with Crippen LogP contribution in [0.2, 0.25) is 10.0 Å². The summed E-state index contributed by atoms with van der Waals surface area (Å²) in [5, 5.41) is 22.3. The first-order chi connectivity index (χ1) is 14.3. The zero-order chi connectivity index (χ0) is 21.8. The molecule has 0 radical (unpaired) electrons. The Kier molecular flexibility index (Phi) is 7.26. The number of benzene rings is 2. The van der Waals surface area contributed by atoms with Crippen molar-refractivity contribution >= 4 is 63.3 Å². The van der Waals surface area contributed by atoms with E-state index in [4.69, 9.17) is 40.5 Å². The molecule has 1 heterocycles. The van der Waals surface area contributed by atoms with Crippen LogP contribution < -0.4 is 0 Å². The average molecular weight is 478 g/mol. The van der Waals surface area contributed by atoms with Gasteiger partial charge in [-0.2, -0.15) is 0 Å². The van der Waals surface area contributed by atoms with Gasteiger partial charge in [-0.1, -0.05) is 53.6 Å². The van der Waals surface area contributed by atoms with Gasteiger partial charge >= 0.3 is 5.97 Å². The number of hydrogen-bond donors (Lipinski definition) is 2. The van der Waals surface area contributed by atoms with Crippen molar-refractivity contribution in [2.75, 3.05) is 6.54 Å². The maximum absolute atomic E-state index is 11.0. The van der Waals surface area contributed by atoms with Gasteiger partial charge in [0.1, 0.15) is 5.75 Å². The molecule has 2 N–H and O–H groups in total. The topological polar surface area (TPSA) is 69.9 Å². The number of nitrogens with zero attached hydrogens (tertiary/aromatic N) is 1. The van der Waals surface area contributed by atoms with Crippen LogP contribution in [-0.2, 0) is 6.42 Å². The molecule has 0 unspecified atom stereocenters. The van der Waals surface area contributed by atoms with Crippen molar-refractivity contribution in [3.8, 4) is 16.2 Å². The largest absolute Gasteiger partial charge is 0.506 e. The van der Waals surface area contributed by atoms with E-state index in [1.165, 1.54) is 17.4 Å². The second kappa shape index (κ2) is 9.71. The van der Waals surface area contributed by atoms with Crippen molar-refractivity contribution in [2.45, 2.75) is 13.3 Å². The van der Waals surface area contributed by atoms with Gasteiger partial charge in [-0.05, 0) is 42.3 Å². The van der Waals surface area contributed by atoms with Gasteiger partial charge in [-0.3, -0.25) is 4.99 Å². The first-order valence-electron chi connectivity index (χ1n) is 8.87. The molecule has 0 amide bonds. The molecular weight excluding hydrogens is 461 g/mol. The number of carbonyl (C=O) groups is 1. The minimum atomic E-state index is -1.07. The summed E-state index contributed by atoms with van der Waals surface area (Å²) in [7, 11) is 0. The maximum atomic E-state index is 11.0. The molecule has 0 bridgehead atoms. The van der Waals surface area contributed by atoms with E-state index in [2.05, 4.69) is 4.99 Å². The van der Waals surface area contributed by atoms with Gasteiger partial charge in [0.05, 0.1) is 22.0 Å². The highest BCUT2D eigenvalue weighted by Gasteiger charge is 2.15. The summed E-state index contributed by atoms with van der Waals surface area (Å²) in [5.41, 5.74) is 3.07. The molecule has 0 saturated carbocycles. The molecule has 0 aliphatic carbocycles. The minimum Gasteiger partial charge on any atom is -0.506 e. The van der Waals surface area contributed by atoms with E-state index in [-0.39, 0.29) is 16.3 Å². The molecule has 0 spiro atoms. The lowest BCUT2D eigenvalue weighted by molar-refractivity contribution is 0.0697. The Morgan fingerprint density at radius 1 is 1.17 bits per heavy atom. The van der Waals surface area contributed by atoms with Crippen LogP contribution in [0.25, 0.3) is 10.4 Å². The van der Waals surface area contributed by atoms with E-state index in [1.54, 1.807) is 24.3 Å². The van der Waals surface area contributed by atoms with E-state index in [9.17, 15) is 9.90 Å². The van der Waals surface area contributed by atoms with E-state index in [0.29, 0.717) is 34.1 Å². The number of aliphatic imine (C=N–C) groups is 1. The molecule has 3 aromatic rings. The van der Waals surface area contributed by atoms with E-state index >= 15 is 0 Å². The second-order valence-electron chi connectivity index (χ2n) is 6.57. The summed E-state index contributed by atoms with van der Waals surface area (Å²) in [6.07, 6.45) is 0.453. The minimum absolute atomic E-state index is 0.0589. The molecule has 154 valence electrons. The van der Waals surface area contributed by atoms with Crippen molar-refractivity contribution in [3.63, 3.8) is 0 Å². The Bertz CT molecular complexity index is 1160. The van der Waals surface area contributed by atoms with Crippen LogP contribution in [0.1, 0.15) is 28.4 Å². The number of carboxylic acid groups (broad SMARTS) is 1. The van der Waals surface area contributed by atoms with Crippen LogP contribution in [-0.4, -0.2) is 33.3 Å². The summed E-state index contributed by atoms with van der Waals surface area (Å²) >= 11 is 18.9. The summed E-state index contributed by atoms with van der Waals surface area (Å²) in [6, 6.07) is 12.1. The molecule has 0 atom stereocenters. The molecule has 0 saturated heterocycles. The number of halogens is 2. The number of carboxylic acids is 1. The van der Waals surface area contributed by atoms with Gasteiger partial charge < -0.3 is 10.2 Å². The first-order valence-corrected chi connectivity index (χ1v) is 10.9. The Morgan fingerprint density at radius 3 is 2.60 bits per heavy atom. The van der Waals surface area contributed by atoms with Crippen LogP contribution in [0.3, 0.4) is 0 Å². The molecular formula is C22H17Cl2NO3S2. The van der Waals surface area contributed by atoms with Gasteiger partial charge in [0.15, 0.2) is 0 Å². The molecule has 1 aromatic heterocycles. The predicted molar refractivity (Wildman–Crippen MR) is 128 cm³/mol. The Hall–Kier alpha value is -2.25. The van der Waals surface area contributed by atoms with Crippen molar-refractivity contribution in [1.82, 2.24) is 0 Å². The Balaban J connectivity index is 1.70. The van der Waals surface area contributed by atoms with Crippen LogP contribution in [0.5, 0.6) is 5.75 Å². The fourth-order valence-electron chi connectivity index (χ4n) is 2.86. The monoisotopic (exact) mass is 477 g/mol. The van der Waals surface area contributed by atoms with E-state index < -0.39 is 5.97 Å². The second-order valence-corrected chi connectivity index (χ2v) is 8.87. The van der Waals surface area contributed by atoms with Crippen LogP contribution in [0, 0.1) is 0 Å². The van der Waals surface area contributed by atoms with Gasteiger partial charge in [0.25, 0.3) is 0 Å². The highest BCUT2D eigenvalue weighted by Crippen LogP contribution is 2.39. The smallest absolute Gasteiger partial charge is 0.337 e. The molecule has 2 aromatic carbocycles. The predicted octanol–water partition coefficient (Wildman–Crippen LogP) is 6.55. The molecule has 0 aliphatic rings. The average Bonchev–Trinajstić information content (AvgIpc) is 3.07. The molecule has 4 nitrogen and oxygen atoms in total. The fourth-order valence-corrected chi connectivity index (χ4v) is 4.57. The van der Waals surface area contributed by atoms with Crippen LogP contribution >= 0.6 is 46.8 Å². The molecule has 0 fully saturated rings. The van der Waals surface area contributed by atoms with Crippen molar-refractivity contribution < 1.29 is 15.0 Å². The number of hydrogen-bond acceptors (Lipinski definition) is 5. The Morgan fingerprint density at radius 2 is 1.93 bits per heavy atom. The molecule has 8 heteroatoms. The number of thiophene rings is 1. The highest BCUT2D eigenvalue weighted by atomic mass is 35.5. The van der Waals surface area contributed by atoms with Crippen molar-refractivity contribution in [2.24, 2.45) is 4.99 Å². The zero-order valence-corrected chi connectivity index (χ0v) is 19.0. The normalized spacial score (nSPS) is 11.5. The Labute approximate surface area is 193 Å².